The van der Waals surface area contributed by atoms with Gasteiger partial charge in [0, 0.05) is 13.1 Å². The van der Waals surface area contributed by atoms with Crippen LogP contribution in [0.15, 0.2) is 11.5 Å². The molecule has 1 aliphatic rings. The molecule has 1 heterocycles. The second-order valence-corrected chi connectivity index (χ2v) is 5.16. The molecular weight excluding hydrogens is 221 g/mol. The first-order chi connectivity index (χ1) is 7.79. The fraction of sp³-hybridized carbons (Fsp3) is 0.727. The molecule has 6 heteroatoms. The Labute approximate surface area is 102 Å². The zero-order valence-corrected chi connectivity index (χ0v) is 10.6. The van der Waals surface area contributed by atoms with Crippen LogP contribution in [0.5, 0.6) is 0 Å². The van der Waals surface area contributed by atoms with E-state index in [1.165, 1.54) is 0 Å². The molecule has 0 saturated carbocycles. The van der Waals surface area contributed by atoms with Gasteiger partial charge in [0.15, 0.2) is 0 Å². The van der Waals surface area contributed by atoms with Crippen LogP contribution in [0.2, 0.25) is 0 Å². The number of carbonyl (C=O) groups is 1. The summed E-state index contributed by atoms with van der Waals surface area (Å²) in [6.45, 7) is 6.47. The van der Waals surface area contributed by atoms with Crippen LogP contribution in [-0.2, 0) is 4.74 Å². The van der Waals surface area contributed by atoms with Gasteiger partial charge in [0.2, 0.25) is 0 Å². The van der Waals surface area contributed by atoms with Crippen molar-refractivity contribution in [1.29, 1.82) is 0 Å². The van der Waals surface area contributed by atoms with Crippen molar-refractivity contribution in [3.63, 3.8) is 0 Å². The average molecular weight is 241 g/mol. The molecule has 1 amide bonds. The van der Waals surface area contributed by atoms with Crippen molar-refractivity contribution in [2.75, 3.05) is 13.1 Å². The van der Waals surface area contributed by atoms with E-state index in [4.69, 9.17) is 14.8 Å². The minimum Gasteiger partial charge on any atom is -0.444 e. The highest BCUT2D eigenvalue weighted by Gasteiger charge is 2.25. The van der Waals surface area contributed by atoms with Gasteiger partial charge in [0.1, 0.15) is 5.60 Å². The van der Waals surface area contributed by atoms with Gasteiger partial charge in [-0.05, 0) is 39.1 Å². The van der Waals surface area contributed by atoms with Crippen molar-refractivity contribution < 1.29 is 19.6 Å². The van der Waals surface area contributed by atoms with Crippen molar-refractivity contribution in [2.45, 2.75) is 39.2 Å². The third-order valence-corrected chi connectivity index (χ3v) is 2.46. The van der Waals surface area contributed by atoms with E-state index in [0.717, 1.165) is 0 Å². The van der Waals surface area contributed by atoms with Gasteiger partial charge in [-0.3, -0.25) is 0 Å². The molecule has 0 aromatic heterocycles. The largest absolute Gasteiger partial charge is 0.483 e. The van der Waals surface area contributed by atoms with E-state index in [2.05, 4.69) is 0 Å². The number of rotatable bonds is 1. The Balaban J connectivity index is 2.52. The molecule has 0 unspecified atom stereocenters. The maximum Gasteiger partial charge on any atom is 0.483 e. The molecule has 0 bridgehead atoms. The van der Waals surface area contributed by atoms with Gasteiger partial charge in [0.25, 0.3) is 0 Å². The number of amides is 1. The number of hydrogen-bond acceptors (Lipinski definition) is 4. The van der Waals surface area contributed by atoms with Gasteiger partial charge in [-0.15, -0.1) is 0 Å². The summed E-state index contributed by atoms with van der Waals surface area (Å²) in [7, 11) is -1.42. The van der Waals surface area contributed by atoms with Gasteiger partial charge in [-0.1, -0.05) is 6.08 Å². The van der Waals surface area contributed by atoms with E-state index in [9.17, 15) is 4.79 Å². The Bertz CT molecular complexity index is 309. The van der Waals surface area contributed by atoms with E-state index in [1.54, 1.807) is 11.0 Å². The third kappa shape index (κ3) is 4.79. The first-order valence-corrected chi connectivity index (χ1v) is 5.82. The lowest BCUT2D eigenvalue weighted by atomic mass is 9.77. The van der Waals surface area contributed by atoms with E-state index >= 15 is 0 Å². The fourth-order valence-electron chi connectivity index (χ4n) is 1.63. The fourth-order valence-corrected chi connectivity index (χ4v) is 1.63. The lowest BCUT2D eigenvalue weighted by Gasteiger charge is -2.26. The molecular formula is C11H20BNO4. The van der Waals surface area contributed by atoms with Gasteiger partial charge in [0.05, 0.1) is 0 Å². The quantitative estimate of drug-likeness (QED) is 0.670. The highest BCUT2D eigenvalue weighted by Crippen LogP contribution is 2.15. The summed E-state index contributed by atoms with van der Waals surface area (Å²) >= 11 is 0. The maximum atomic E-state index is 11.8. The minimum absolute atomic E-state index is 0.348. The van der Waals surface area contributed by atoms with E-state index in [0.29, 0.717) is 31.4 Å². The second kappa shape index (κ2) is 5.55. The topological polar surface area (TPSA) is 70.0 Å². The molecule has 0 radical (unpaired) electrons. The third-order valence-electron chi connectivity index (χ3n) is 2.46. The molecule has 0 spiro atoms. The van der Waals surface area contributed by atoms with Crippen LogP contribution < -0.4 is 0 Å². The molecule has 96 valence electrons. The van der Waals surface area contributed by atoms with Gasteiger partial charge in [-0.2, -0.15) is 0 Å². The lowest BCUT2D eigenvalue weighted by molar-refractivity contribution is 0.0259. The standard InChI is InChI=1S/C11H20BNO4/c1-11(2,3)17-10(14)13-7-4-5-9(6-8-13)12(15)16/h5,15-16H,4,6-8H2,1-3H3. The smallest absolute Gasteiger partial charge is 0.444 e. The van der Waals surface area contributed by atoms with Crippen molar-refractivity contribution in [3.05, 3.63) is 11.5 Å². The number of carbonyl (C=O) groups excluding carboxylic acids is 1. The van der Waals surface area contributed by atoms with Crippen molar-refractivity contribution in [3.8, 4) is 0 Å². The molecule has 17 heavy (non-hydrogen) atoms. The molecule has 0 aromatic carbocycles. The molecule has 0 aliphatic carbocycles. The SMILES string of the molecule is CC(C)(C)OC(=O)N1CCC=C(B(O)O)CC1. The highest BCUT2D eigenvalue weighted by molar-refractivity contribution is 6.50. The second-order valence-electron chi connectivity index (χ2n) is 5.16. The van der Waals surface area contributed by atoms with Crippen LogP contribution >= 0.6 is 0 Å². The zero-order valence-electron chi connectivity index (χ0n) is 10.6. The molecule has 1 aliphatic heterocycles. The monoisotopic (exact) mass is 241 g/mol. The molecule has 0 saturated heterocycles. The molecule has 0 aromatic rings. The molecule has 2 N–H and O–H groups in total. The van der Waals surface area contributed by atoms with Gasteiger partial charge >= 0.3 is 13.2 Å². The molecule has 5 nitrogen and oxygen atoms in total. The van der Waals surface area contributed by atoms with Crippen LogP contribution in [0, 0.1) is 0 Å². The van der Waals surface area contributed by atoms with Crippen LogP contribution in [-0.4, -0.2) is 46.9 Å². The zero-order chi connectivity index (χ0) is 13.1. The summed E-state index contributed by atoms with van der Waals surface area (Å²) in [6.07, 6.45) is 2.51. The lowest BCUT2D eigenvalue weighted by Crippen LogP contribution is -2.37. The highest BCUT2D eigenvalue weighted by atomic mass is 16.6. The van der Waals surface area contributed by atoms with Gasteiger partial charge in [-0.25, -0.2) is 4.79 Å². The summed E-state index contributed by atoms with van der Waals surface area (Å²) in [5, 5.41) is 18.1. The Morgan fingerprint density at radius 1 is 1.41 bits per heavy atom. The Kier molecular flexibility index (Phi) is 4.59. The van der Waals surface area contributed by atoms with Crippen molar-refractivity contribution in [1.82, 2.24) is 4.90 Å². The minimum atomic E-state index is -1.42. The summed E-state index contributed by atoms with van der Waals surface area (Å²) in [5.74, 6) is 0. The first-order valence-electron chi connectivity index (χ1n) is 5.82. The van der Waals surface area contributed by atoms with Crippen molar-refractivity contribution >= 4 is 13.2 Å². The van der Waals surface area contributed by atoms with Gasteiger partial charge < -0.3 is 19.7 Å². The molecule has 1 rings (SSSR count). The van der Waals surface area contributed by atoms with Crippen molar-refractivity contribution in [2.24, 2.45) is 0 Å². The number of hydrogen-bond donors (Lipinski definition) is 2. The Morgan fingerprint density at radius 3 is 2.59 bits per heavy atom. The summed E-state index contributed by atoms with van der Waals surface area (Å²) in [5.41, 5.74) is 0.0620. The van der Waals surface area contributed by atoms with E-state index in [-0.39, 0.29) is 6.09 Å². The van der Waals surface area contributed by atoms with Crippen LogP contribution in [0.25, 0.3) is 0 Å². The van der Waals surface area contributed by atoms with E-state index < -0.39 is 12.7 Å². The number of ether oxygens (including phenoxy) is 1. The summed E-state index contributed by atoms with van der Waals surface area (Å²) < 4.78 is 5.27. The summed E-state index contributed by atoms with van der Waals surface area (Å²) in [4.78, 5) is 13.4. The predicted molar refractivity (Wildman–Crippen MR) is 65.3 cm³/mol. The maximum absolute atomic E-state index is 11.8. The normalized spacial score (nSPS) is 17.2. The summed E-state index contributed by atoms with van der Waals surface area (Å²) in [6, 6.07) is 0. The number of nitrogens with zero attached hydrogens (tertiary/aromatic N) is 1. The van der Waals surface area contributed by atoms with Crippen LogP contribution in [0.3, 0.4) is 0 Å². The van der Waals surface area contributed by atoms with E-state index in [1.807, 2.05) is 20.8 Å². The van der Waals surface area contributed by atoms with Crippen LogP contribution in [0.4, 0.5) is 4.79 Å². The van der Waals surface area contributed by atoms with Crippen LogP contribution in [0.1, 0.15) is 33.6 Å². The first kappa shape index (κ1) is 14.1. The molecule has 0 fully saturated rings. The molecule has 0 atom stereocenters. The Hall–Kier alpha value is -1.01. The Morgan fingerprint density at radius 2 is 2.06 bits per heavy atom. The average Bonchev–Trinajstić information content (AvgIpc) is 2.39. The predicted octanol–water partition coefficient (Wildman–Crippen LogP) is 0.956.